The first kappa shape index (κ1) is 31.6. The van der Waals surface area contributed by atoms with Gasteiger partial charge in [-0.3, -0.25) is 0 Å². The fraction of sp³-hybridized carbons (Fsp3) is 0. The van der Waals surface area contributed by atoms with Crippen molar-refractivity contribution in [3.8, 4) is 44.5 Å². The minimum Gasteiger partial charge on any atom is -0.454 e. The Balaban J connectivity index is 1.16. The van der Waals surface area contributed by atoms with Gasteiger partial charge in [0.05, 0.1) is 5.69 Å². The summed E-state index contributed by atoms with van der Waals surface area (Å²) in [6.45, 7) is 0. The third-order valence-corrected chi connectivity index (χ3v) is 10.5. The molecule has 0 aliphatic carbocycles. The summed E-state index contributed by atoms with van der Waals surface area (Å²) in [6, 6.07) is 75.7. The number of furan rings is 1. The summed E-state index contributed by atoms with van der Waals surface area (Å²) in [5.74, 6) is 0. The van der Waals surface area contributed by atoms with Crippen LogP contribution in [0.1, 0.15) is 0 Å². The van der Waals surface area contributed by atoms with E-state index >= 15 is 0 Å². The van der Waals surface area contributed by atoms with Crippen LogP contribution in [0.4, 0.5) is 17.1 Å². The molecule has 9 aromatic carbocycles. The molecule has 0 spiro atoms. The normalized spacial score (nSPS) is 11.3. The van der Waals surface area contributed by atoms with Gasteiger partial charge in [-0.2, -0.15) is 0 Å². The maximum Gasteiger partial charge on any atom is 0.159 e. The number of hydrogen-bond donors (Lipinski definition) is 0. The maximum atomic E-state index is 6.90. The van der Waals surface area contributed by atoms with Crippen molar-refractivity contribution >= 4 is 49.8 Å². The molecular formula is C52H35NO. The Labute approximate surface area is 314 Å². The molecule has 0 N–H and O–H groups in total. The molecular weight excluding hydrogens is 655 g/mol. The Morgan fingerprint density at radius 2 is 0.741 bits per heavy atom. The monoisotopic (exact) mass is 689 g/mol. The van der Waals surface area contributed by atoms with Crippen molar-refractivity contribution in [2.75, 3.05) is 4.90 Å². The van der Waals surface area contributed by atoms with Crippen LogP contribution in [0, 0.1) is 0 Å². The van der Waals surface area contributed by atoms with Gasteiger partial charge in [-0.15, -0.1) is 0 Å². The van der Waals surface area contributed by atoms with Gasteiger partial charge in [0.1, 0.15) is 5.58 Å². The van der Waals surface area contributed by atoms with Gasteiger partial charge in [-0.1, -0.05) is 170 Å². The number of benzene rings is 9. The number of fused-ring (bicyclic) bond motifs is 5. The van der Waals surface area contributed by atoms with E-state index in [1.165, 1.54) is 38.6 Å². The first-order valence-electron chi connectivity index (χ1n) is 18.4. The smallest absolute Gasteiger partial charge is 0.159 e. The zero-order valence-electron chi connectivity index (χ0n) is 29.6. The van der Waals surface area contributed by atoms with Gasteiger partial charge < -0.3 is 9.32 Å². The molecule has 0 aliphatic rings. The van der Waals surface area contributed by atoms with Crippen LogP contribution in [0.3, 0.4) is 0 Å². The van der Waals surface area contributed by atoms with Crippen molar-refractivity contribution in [2.45, 2.75) is 0 Å². The molecule has 0 bridgehead atoms. The lowest BCUT2D eigenvalue weighted by molar-refractivity contribution is 0.669. The summed E-state index contributed by atoms with van der Waals surface area (Å²) < 4.78 is 6.90. The van der Waals surface area contributed by atoms with Gasteiger partial charge in [0, 0.05) is 22.1 Å². The van der Waals surface area contributed by atoms with E-state index in [0.29, 0.717) is 0 Å². The fourth-order valence-corrected chi connectivity index (χ4v) is 7.74. The molecule has 2 nitrogen and oxygen atoms in total. The summed E-state index contributed by atoms with van der Waals surface area (Å²) in [5.41, 5.74) is 14.2. The second-order valence-electron chi connectivity index (χ2n) is 13.7. The van der Waals surface area contributed by atoms with Gasteiger partial charge in [0.25, 0.3) is 0 Å². The van der Waals surface area contributed by atoms with Crippen molar-refractivity contribution in [1.82, 2.24) is 0 Å². The highest BCUT2D eigenvalue weighted by atomic mass is 16.3. The molecule has 0 saturated carbocycles. The van der Waals surface area contributed by atoms with E-state index in [1.807, 2.05) is 0 Å². The molecule has 0 atom stereocenters. The highest BCUT2D eigenvalue weighted by molar-refractivity contribution is 6.21. The van der Waals surface area contributed by atoms with Gasteiger partial charge in [0.15, 0.2) is 5.58 Å². The van der Waals surface area contributed by atoms with Crippen LogP contribution in [-0.4, -0.2) is 0 Å². The first-order valence-corrected chi connectivity index (χ1v) is 18.4. The predicted octanol–water partition coefficient (Wildman–Crippen LogP) is 14.9. The Bertz CT molecular complexity index is 2880. The van der Waals surface area contributed by atoms with Crippen LogP contribution in [0.5, 0.6) is 0 Å². The van der Waals surface area contributed by atoms with E-state index in [1.54, 1.807) is 0 Å². The maximum absolute atomic E-state index is 6.90. The van der Waals surface area contributed by atoms with Crippen LogP contribution in [0.25, 0.3) is 77.2 Å². The summed E-state index contributed by atoms with van der Waals surface area (Å²) in [7, 11) is 0. The molecule has 254 valence electrons. The van der Waals surface area contributed by atoms with Crippen molar-refractivity contribution in [1.29, 1.82) is 0 Å². The Morgan fingerprint density at radius 3 is 1.26 bits per heavy atom. The molecule has 2 heteroatoms. The van der Waals surface area contributed by atoms with Gasteiger partial charge in [-0.25, -0.2) is 0 Å². The molecule has 0 radical (unpaired) electrons. The summed E-state index contributed by atoms with van der Waals surface area (Å²) >= 11 is 0. The minimum atomic E-state index is 0.855. The van der Waals surface area contributed by atoms with Crippen molar-refractivity contribution < 1.29 is 4.42 Å². The van der Waals surface area contributed by atoms with E-state index < -0.39 is 0 Å². The second kappa shape index (κ2) is 13.4. The molecule has 1 heterocycles. The van der Waals surface area contributed by atoms with E-state index in [0.717, 1.165) is 55.7 Å². The van der Waals surface area contributed by atoms with Gasteiger partial charge in [0.2, 0.25) is 0 Å². The topological polar surface area (TPSA) is 16.4 Å². The number of nitrogens with zero attached hydrogens (tertiary/aromatic N) is 1. The Morgan fingerprint density at radius 1 is 0.315 bits per heavy atom. The molecule has 10 rings (SSSR count). The van der Waals surface area contributed by atoms with Crippen molar-refractivity contribution in [3.63, 3.8) is 0 Å². The molecule has 0 aliphatic heterocycles. The number of rotatable bonds is 7. The lowest BCUT2D eigenvalue weighted by Gasteiger charge is -2.26. The highest BCUT2D eigenvalue weighted by Crippen LogP contribution is 2.46. The molecule has 0 amide bonds. The van der Waals surface area contributed by atoms with Crippen LogP contribution < -0.4 is 4.90 Å². The third-order valence-electron chi connectivity index (χ3n) is 10.5. The first-order chi connectivity index (χ1) is 26.8. The zero-order chi connectivity index (χ0) is 35.8. The molecule has 54 heavy (non-hydrogen) atoms. The predicted molar refractivity (Wildman–Crippen MR) is 228 cm³/mol. The molecule has 0 saturated heterocycles. The van der Waals surface area contributed by atoms with Crippen LogP contribution >= 0.6 is 0 Å². The van der Waals surface area contributed by atoms with Gasteiger partial charge in [-0.05, 0) is 97.7 Å². The quantitative estimate of drug-likeness (QED) is 0.166. The fourth-order valence-electron chi connectivity index (χ4n) is 7.74. The Kier molecular flexibility index (Phi) is 7.85. The Hall–Kier alpha value is -7.16. The highest BCUT2D eigenvalue weighted by Gasteiger charge is 2.22. The molecule has 10 aromatic rings. The average Bonchev–Trinajstić information content (AvgIpc) is 3.65. The average molecular weight is 690 g/mol. The van der Waals surface area contributed by atoms with Crippen molar-refractivity contribution in [3.05, 3.63) is 212 Å². The third kappa shape index (κ3) is 5.71. The minimum absolute atomic E-state index is 0.855. The largest absolute Gasteiger partial charge is 0.454 e. The van der Waals surface area contributed by atoms with E-state index in [9.17, 15) is 0 Å². The van der Waals surface area contributed by atoms with E-state index in [2.05, 4.69) is 217 Å². The summed E-state index contributed by atoms with van der Waals surface area (Å²) in [5, 5.41) is 4.61. The molecule has 1 aromatic heterocycles. The number of anilines is 3. The van der Waals surface area contributed by atoms with Crippen molar-refractivity contribution in [2.24, 2.45) is 0 Å². The molecule has 0 fully saturated rings. The van der Waals surface area contributed by atoms with Crippen LogP contribution in [0.2, 0.25) is 0 Å². The summed E-state index contributed by atoms with van der Waals surface area (Å²) in [6.07, 6.45) is 0. The van der Waals surface area contributed by atoms with Gasteiger partial charge >= 0.3 is 0 Å². The zero-order valence-corrected chi connectivity index (χ0v) is 29.6. The summed E-state index contributed by atoms with van der Waals surface area (Å²) in [4.78, 5) is 2.34. The second-order valence-corrected chi connectivity index (χ2v) is 13.7. The standard InChI is InChI=1S/C52H35NO/c1-4-12-36(13-5-1)39-20-22-40(23-21-39)42-26-31-46(32-27-42)53(45-29-24-41(25-30-45)37-14-6-2-7-15-37)49-35-44(38-16-8-3-9-17-38)34-48-51-47-19-11-10-18-43(47)28-33-50(51)54-52(48)49/h1-35H. The lowest BCUT2D eigenvalue weighted by atomic mass is 9.98. The lowest BCUT2D eigenvalue weighted by Crippen LogP contribution is -2.10. The molecule has 0 unspecified atom stereocenters. The van der Waals surface area contributed by atoms with E-state index in [-0.39, 0.29) is 0 Å². The number of hydrogen-bond acceptors (Lipinski definition) is 2. The SMILES string of the molecule is c1ccc(-c2ccc(-c3ccc(N(c4ccc(-c5ccccc5)cc4)c4cc(-c5ccccc5)cc5c4oc4ccc6ccccc6c45)cc3)cc2)cc1. The van der Waals surface area contributed by atoms with Crippen LogP contribution in [0.15, 0.2) is 217 Å². The van der Waals surface area contributed by atoms with E-state index in [4.69, 9.17) is 4.42 Å². The van der Waals surface area contributed by atoms with Crippen LogP contribution in [-0.2, 0) is 0 Å².